The third-order valence-electron chi connectivity index (χ3n) is 7.68. The highest BCUT2D eigenvalue weighted by atomic mass is 16.5. The van der Waals surface area contributed by atoms with Crippen molar-refractivity contribution in [1.82, 2.24) is 10.9 Å². The molecule has 0 unspecified atom stereocenters. The normalized spacial score (nSPS) is 16.5. The van der Waals surface area contributed by atoms with Crippen molar-refractivity contribution in [2.45, 2.75) is 31.0 Å². The molecular weight excluding hydrogens is 614 g/mol. The molecule has 48 heavy (non-hydrogen) atoms. The quantitative estimate of drug-likeness (QED) is 0.0423. The molecule has 0 spiro atoms. The Morgan fingerprint density at radius 2 is 1.60 bits per heavy atom. The van der Waals surface area contributed by atoms with Crippen molar-refractivity contribution in [2.24, 2.45) is 15.2 Å². The monoisotopic (exact) mass is 647 g/mol. The number of hydrazine groups is 1. The average Bonchev–Trinajstić information content (AvgIpc) is 3.50. The molecule has 244 valence electrons. The maximum absolute atomic E-state index is 14.6. The third-order valence-corrected chi connectivity index (χ3v) is 7.68. The molecule has 14 heteroatoms. The Kier molecular flexibility index (Phi) is 11.1. The SMILES string of the molecule is COc1ccccc1CNNC(=O)[C@@]1(Cc2ccccc2N=[N+]=[N-])N=C(c2ccc(OCCCO)cc2)O[C@H]1c1ccccc1N=[N+]=[N-]. The second kappa shape index (κ2) is 16.0. The van der Waals surface area contributed by atoms with Gasteiger partial charge in [-0.1, -0.05) is 77.0 Å². The number of rotatable bonds is 15. The fourth-order valence-electron chi connectivity index (χ4n) is 5.38. The Morgan fingerprint density at radius 3 is 2.33 bits per heavy atom. The average molecular weight is 648 g/mol. The van der Waals surface area contributed by atoms with Gasteiger partial charge in [-0.3, -0.25) is 10.2 Å². The van der Waals surface area contributed by atoms with Crippen LogP contribution in [0.15, 0.2) is 112 Å². The Morgan fingerprint density at radius 1 is 0.938 bits per heavy atom. The third kappa shape index (κ3) is 7.49. The van der Waals surface area contributed by atoms with E-state index in [0.717, 1.165) is 5.56 Å². The number of methoxy groups -OCH3 is 1. The predicted molar refractivity (Wildman–Crippen MR) is 179 cm³/mol. The number of aliphatic hydroxyl groups is 1. The first-order valence-electron chi connectivity index (χ1n) is 15.1. The van der Waals surface area contributed by atoms with Crippen LogP contribution in [0.3, 0.4) is 0 Å². The molecule has 0 saturated carbocycles. The number of carbonyl (C=O) groups excluding carboxylic acids is 1. The number of hydrogen-bond acceptors (Lipinski definition) is 9. The molecule has 1 heterocycles. The van der Waals surface area contributed by atoms with Gasteiger partial charge in [0.2, 0.25) is 5.90 Å². The number of ether oxygens (including phenoxy) is 3. The van der Waals surface area contributed by atoms with E-state index in [-0.39, 0.29) is 31.2 Å². The standard InChI is InChI=1S/C34H33N9O5/c1-46-30-14-7-3-10-25(30)22-37-41-33(45)34(21-24-9-2-5-12-28(24)39-42-35)31(27-11-4-6-13-29(27)40-43-36)48-32(38-34)23-15-17-26(18-16-23)47-20-8-19-44/h2-7,9-18,31,37,44H,8,19-22H2,1H3,(H,41,45)/t31-,34-/m0/s1. The van der Waals surface area contributed by atoms with Crippen LogP contribution in [0.2, 0.25) is 0 Å². The van der Waals surface area contributed by atoms with Crippen molar-refractivity contribution in [1.29, 1.82) is 0 Å². The van der Waals surface area contributed by atoms with E-state index >= 15 is 0 Å². The highest BCUT2D eigenvalue weighted by molar-refractivity contribution is 6.01. The van der Waals surface area contributed by atoms with Crippen molar-refractivity contribution in [2.75, 3.05) is 20.3 Å². The zero-order valence-electron chi connectivity index (χ0n) is 26.1. The summed E-state index contributed by atoms with van der Waals surface area (Å²) >= 11 is 0. The van der Waals surface area contributed by atoms with Crippen molar-refractivity contribution < 1.29 is 24.1 Å². The topological polar surface area (TPSA) is 199 Å². The molecule has 4 aromatic carbocycles. The van der Waals surface area contributed by atoms with Gasteiger partial charge in [-0.15, -0.1) is 0 Å². The molecule has 0 aliphatic carbocycles. The van der Waals surface area contributed by atoms with Gasteiger partial charge < -0.3 is 19.3 Å². The Hall–Kier alpha value is -6.04. The largest absolute Gasteiger partial charge is 0.496 e. The second-order valence-corrected chi connectivity index (χ2v) is 10.7. The van der Waals surface area contributed by atoms with Crippen LogP contribution in [-0.4, -0.2) is 42.8 Å². The van der Waals surface area contributed by atoms with Crippen molar-refractivity contribution in [3.05, 3.63) is 140 Å². The van der Waals surface area contributed by atoms with Crippen LogP contribution in [0.4, 0.5) is 11.4 Å². The zero-order chi connectivity index (χ0) is 33.8. The lowest BCUT2D eigenvalue weighted by molar-refractivity contribution is -0.130. The molecule has 0 saturated heterocycles. The van der Waals surface area contributed by atoms with Crippen LogP contribution in [-0.2, 0) is 22.5 Å². The smallest absolute Gasteiger partial charge is 0.266 e. The number of nitrogens with zero attached hydrogens (tertiary/aromatic N) is 7. The van der Waals surface area contributed by atoms with Crippen LogP contribution in [0.25, 0.3) is 20.9 Å². The Labute approximate surface area is 276 Å². The number of hydrogen-bond donors (Lipinski definition) is 3. The maximum Gasteiger partial charge on any atom is 0.266 e. The summed E-state index contributed by atoms with van der Waals surface area (Å²) in [5.74, 6) is 0.849. The van der Waals surface area contributed by atoms with Gasteiger partial charge in [-0.25, -0.2) is 10.4 Å². The van der Waals surface area contributed by atoms with Gasteiger partial charge in [-0.05, 0) is 47.0 Å². The van der Waals surface area contributed by atoms with Crippen LogP contribution in [0.5, 0.6) is 11.5 Å². The van der Waals surface area contributed by atoms with Gasteiger partial charge in [0, 0.05) is 63.9 Å². The highest BCUT2D eigenvalue weighted by Gasteiger charge is 2.54. The van der Waals surface area contributed by atoms with Gasteiger partial charge in [0.05, 0.1) is 13.7 Å². The molecule has 2 atom stereocenters. The Bertz CT molecular complexity index is 1870. The summed E-state index contributed by atoms with van der Waals surface area (Å²) in [6.07, 6.45) is -0.642. The molecule has 3 N–H and O–H groups in total. The maximum atomic E-state index is 14.6. The summed E-state index contributed by atoms with van der Waals surface area (Å²) in [6, 6.07) is 28.1. The summed E-state index contributed by atoms with van der Waals surface area (Å²) in [6.45, 7) is 0.597. The molecule has 1 aliphatic rings. The highest BCUT2D eigenvalue weighted by Crippen LogP contribution is 2.46. The number of carbonyl (C=O) groups is 1. The van der Waals surface area contributed by atoms with Gasteiger partial charge in [0.15, 0.2) is 11.6 Å². The molecule has 0 aromatic heterocycles. The van der Waals surface area contributed by atoms with Crippen molar-refractivity contribution >= 4 is 23.2 Å². The lowest BCUT2D eigenvalue weighted by Gasteiger charge is -2.31. The number of amides is 1. The van der Waals surface area contributed by atoms with E-state index in [1.807, 2.05) is 24.3 Å². The van der Waals surface area contributed by atoms with Gasteiger partial charge in [-0.2, -0.15) is 0 Å². The lowest BCUT2D eigenvalue weighted by Crippen LogP contribution is -2.53. The van der Waals surface area contributed by atoms with E-state index < -0.39 is 17.6 Å². The zero-order valence-corrected chi connectivity index (χ0v) is 26.1. The Balaban J connectivity index is 1.61. The molecule has 0 fully saturated rings. The fraction of sp³-hybridized carbons (Fsp3) is 0.235. The predicted octanol–water partition coefficient (Wildman–Crippen LogP) is 6.66. The fourth-order valence-corrected chi connectivity index (χ4v) is 5.38. The van der Waals surface area contributed by atoms with E-state index in [0.29, 0.717) is 46.9 Å². The van der Waals surface area contributed by atoms with Crippen LogP contribution < -0.4 is 20.3 Å². The molecular formula is C34H33N9O5. The van der Waals surface area contributed by atoms with Gasteiger partial charge in [0.1, 0.15) is 11.5 Å². The van der Waals surface area contributed by atoms with Gasteiger partial charge in [0.25, 0.3) is 5.91 Å². The first-order valence-corrected chi connectivity index (χ1v) is 15.1. The first-order chi connectivity index (χ1) is 23.5. The molecule has 1 aliphatic heterocycles. The summed E-state index contributed by atoms with van der Waals surface area (Å²) in [4.78, 5) is 25.5. The molecule has 0 bridgehead atoms. The van der Waals surface area contributed by atoms with Crippen LogP contribution >= 0.6 is 0 Å². The number of nitrogens with one attached hydrogen (secondary N) is 2. The van der Waals surface area contributed by atoms with E-state index in [1.54, 1.807) is 79.9 Å². The molecule has 14 nitrogen and oxygen atoms in total. The minimum atomic E-state index is -1.69. The number of aliphatic imine (C=N–C) groups is 1. The minimum Gasteiger partial charge on any atom is -0.496 e. The van der Waals surface area contributed by atoms with E-state index in [1.165, 1.54) is 0 Å². The van der Waals surface area contributed by atoms with Crippen molar-refractivity contribution in [3.8, 4) is 11.5 Å². The first kappa shape index (κ1) is 33.3. The number of benzene rings is 4. The molecule has 0 radical (unpaired) electrons. The molecule has 1 amide bonds. The summed E-state index contributed by atoms with van der Waals surface area (Å²) < 4.78 is 17.7. The van der Waals surface area contributed by atoms with E-state index in [9.17, 15) is 15.9 Å². The second-order valence-electron chi connectivity index (χ2n) is 10.7. The van der Waals surface area contributed by atoms with Crippen LogP contribution in [0.1, 0.15) is 34.8 Å². The number of para-hydroxylation sites is 1. The number of azide groups is 2. The molecule has 5 rings (SSSR count). The van der Waals surface area contributed by atoms with E-state index in [4.69, 9.17) is 24.3 Å². The number of aliphatic hydroxyl groups excluding tert-OH is 1. The van der Waals surface area contributed by atoms with E-state index in [2.05, 4.69) is 30.9 Å². The van der Waals surface area contributed by atoms with Crippen molar-refractivity contribution in [3.63, 3.8) is 0 Å². The summed E-state index contributed by atoms with van der Waals surface area (Å²) in [5, 5.41) is 16.8. The van der Waals surface area contributed by atoms with Gasteiger partial charge >= 0.3 is 0 Å². The lowest BCUT2D eigenvalue weighted by atomic mass is 9.81. The summed E-state index contributed by atoms with van der Waals surface area (Å²) in [7, 11) is 1.57. The summed E-state index contributed by atoms with van der Waals surface area (Å²) in [5.41, 5.74) is 25.7. The molecule has 4 aromatic rings. The van der Waals surface area contributed by atoms with Crippen LogP contribution in [0, 0.1) is 0 Å². The minimum absolute atomic E-state index is 0.0160.